The molecule has 3 aromatic heterocycles. The van der Waals surface area contributed by atoms with Crippen molar-refractivity contribution in [2.45, 2.75) is 0 Å². The number of esters is 3. The average molecular weight is 1380 g/mol. The standard InChI is InChI=1S/C25H20O8.C24H17BrO7.C24H17ClO6/c1-28-15-7-9-16(10-8-15)32-22-14-31-21-13-17(11-12-18(21)24(22)26)33-25(27)23-19(29-2)5-4-6-20(23)30-3;1-28-18-8-5-9-19(29-2)22(18)24(27)31-14-10-11-15-20(12-14)30-13-21(23(15)26)32-17-7-4-3-6-16(17)25;1-28-19-8-5-9-20(29-2)22(19)24(27)31-14-10-11-16-21(12-14)30-13-17(23(16)26)15-6-3-4-7-18(15)25/h4-14H,1-3H3;3-13H,1-2H3;3-13H,1-2H3. The van der Waals surface area contributed by atoms with E-state index in [4.69, 9.17) is 81.7 Å². The third-order valence-corrected chi connectivity index (χ3v) is 15.2. The summed E-state index contributed by atoms with van der Waals surface area (Å²) in [7, 11) is 10.3. The van der Waals surface area contributed by atoms with Crippen LogP contribution in [0.1, 0.15) is 31.1 Å². The van der Waals surface area contributed by atoms with Crippen molar-refractivity contribution < 1.29 is 84.5 Å². The van der Waals surface area contributed by atoms with Crippen LogP contribution in [0.3, 0.4) is 0 Å². The van der Waals surface area contributed by atoms with E-state index < -0.39 is 17.9 Å². The van der Waals surface area contributed by atoms with Crippen molar-refractivity contribution in [3.63, 3.8) is 0 Å². The molecule has 0 atom stereocenters. The third kappa shape index (κ3) is 14.9. The maximum Gasteiger partial charge on any atom is 0.351 e. The van der Waals surface area contributed by atoms with Gasteiger partial charge in [-0.15, -0.1) is 0 Å². The van der Waals surface area contributed by atoms with Gasteiger partial charge < -0.3 is 70.1 Å². The quantitative estimate of drug-likeness (QED) is 0.0571. The van der Waals surface area contributed by atoms with Crippen LogP contribution < -0.4 is 73.1 Å². The van der Waals surface area contributed by atoms with Gasteiger partial charge in [0.2, 0.25) is 27.8 Å². The molecule has 0 N–H and O–H groups in total. The number of para-hydroxylation sites is 1. The third-order valence-electron chi connectivity index (χ3n) is 14.2. The molecule has 0 aliphatic heterocycles. The summed E-state index contributed by atoms with van der Waals surface area (Å²) >= 11 is 9.59. The largest absolute Gasteiger partial charge is 0.497 e. The summed E-state index contributed by atoms with van der Waals surface area (Å²) in [5, 5.41) is 1.34. The second-order valence-corrected chi connectivity index (χ2v) is 21.1. The van der Waals surface area contributed by atoms with Gasteiger partial charge in [-0.25, -0.2) is 14.4 Å². The predicted octanol–water partition coefficient (Wildman–Crippen LogP) is 15.8. The van der Waals surface area contributed by atoms with E-state index in [1.54, 1.807) is 135 Å². The molecule has 0 amide bonds. The fraction of sp³-hybridized carbons (Fsp3) is 0.0959. The van der Waals surface area contributed by atoms with Crippen molar-refractivity contribution in [1.29, 1.82) is 0 Å². The number of carbonyl (C=O) groups is 3. The van der Waals surface area contributed by atoms with Crippen molar-refractivity contribution in [2.24, 2.45) is 0 Å². The fourth-order valence-electron chi connectivity index (χ4n) is 9.54. The Morgan fingerprint density at radius 1 is 0.333 bits per heavy atom. The molecule has 9 aromatic carbocycles. The highest BCUT2D eigenvalue weighted by Gasteiger charge is 2.25. The van der Waals surface area contributed by atoms with Crippen molar-refractivity contribution >= 4 is 78.3 Å². The maximum atomic E-state index is 12.9. The molecule has 12 aromatic rings. The summed E-state index contributed by atoms with van der Waals surface area (Å²) in [6, 6.07) is 49.3. The summed E-state index contributed by atoms with van der Waals surface area (Å²) < 4.78 is 81.8. The summed E-state index contributed by atoms with van der Waals surface area (Å²) in [5.74, 6) is 2.14. The molecule has 0 saturated heterocycles. The van der Waals surface area contributed by atoms with E-state index in [-0.39, 0.29) is 89.2 Å². The Morgan fingerprint density at radius 2 is 0.677 bits per heavy atom. The fourth-order valence-corrected chi connectivity index (χ4v) is 10.1. The van der Waals surface area contributed by atoms with Gasteiger partial charge in [0.1, 0.15) is 121 Å². The molecule has 23 heteroatoms. The molecule has 0 bridgehead atoms. The van der Waals surface area contributed by atoms with Crippen LogP contribution in [0, 0.1) is 0 Å². The lowest BCUT2D eigenvalue weighted by Gasteiger charge is -2.12. The second kappa shape index (κ2) is 30.6. The molecule has 3 heterocycles. The van der Waals surface area contributed by atoms with Crippen LogP contribution in [-0.4, -0.2) is 67.7 Å². The van der Waals surface area contributed by atoms with Gasteiger partial charge in [0.25, 0.3) is 0 Å². The number of hydrogen-bond donors (Lipinski definition) is 0. The van der Waals surface area contributed by atoms with Crippen LogP contribution >= 0.6 is 27.5 Å². The Morgan fingerprint density at radius 3 is 1.07 bits per heavy atom. The Labute approximate surface area is 559 Å². The number of fused-ring (bicyclic) bond motifs is 3. The van der Waals surface area contributed by atoms with E-state index in [9.17, 15) is 28.8 Å². The Hall–Kier alpha value is -12.0. The summed E-state index contributed by atoms with van der Waals surface area (Å²) in [5.41, 5.74) is 1.18. The highest BCUT2D eigenvalue weighted by Crippen LogP contribution is 2.36. The molecule has 0 aliphatic rings. The minimum atomic E-state index is -0.676. The molecular formula is C73H54BrClO21. The minimum Gasteiger partial charge on any atom is -0.497 e. The van der Waals surface area contributed by atoms with E-state index >= 15 is 0 Å². The normalized spacial score (nSPS) is 10.6. The van der Waals surface area contributed by atoms with Gasteiger partial charge in [0.05, 0.1) is 76.0 Å². The van der Waals surface area contributed by atoms with Gasteiger partial charge >= 0.3 is 17.9 Å². The number of methoxy groups -OCH3 is 7. The van der Waals surface area contributed by atoms with Crippen LogP contribution in [0.2, 0.25) is 5.02 Å². The molecule has 0 radical (unpaired) electrons. The number of carbonyl (C=O) groups excluding carboxylic acids is 3. The van der Waals surface area contributed by atoms with Crippen LogP contribution in [0.4, 0.5) is 0 Å². The number of benzene rings is 9. The van der Waals surface area contributed by atoms with E-state index in [0.29, 0.717) is 77.8 Å². The first kappa shape index (κ1) is 66.9. The molecule has 0 spiro atoms. The van der Waals surface area contributed by atoms with Crippen molar-refractivity contribution in [1.82, 2.24) is 0 Å². The topological polar surface area (TPSA) is 253 Å². The van der Waals surface area contributed by atoms with Crippen LogP contribution in [-0.2, 0) is 0 Å². The van der Waals surface area contributed by atoms with Gasteiger partial charge in [-0.2, -0.15) is 0 Å². The molecule has 96 heavy (non-hydrogen) atoms. The molecule has 21 nitrogen and oxygen atoms in total. The average Bonchev–Trinajstić information content (AvgIpc) is 0.804. The highest BCUT2D eigenvalue weighted by molar-refractivity contribution is 9.10. The minimum absolute atomic E-state index is 0.0242. The van der Waals surface area contributed by atoms with E-state index in [2.05, 4.69) is 15.9 Å². The molecule has 0 fully saturated rings. The Kier molecular flexibility index (Phi) is 21.3. The Bertz CT molecular complexity index is 4990. The molecular weight excluding hydrogens is 1330 g/mol. The zero-order chi connectivity index (χ0) is 68.0. The molecule has 0 aliphatic carbocycles. The van der Waals surface area contributed by atoms with Gasteiger partial charge in [-0.05, 0) is 131 Å². The van der Waals surface area contributed by atoms with Gasteiger partial charge in [0.15, 0.2) is 0 Å². The number of ether oxygens (including phenoxy) is 12. The number of rotatable bonds is 18. The lowest BCUT2D eigenvalue weighted by atomic mass is 10.1. The monoisotopic (exact) mass is 1380 g/mol. The second-order valence-electron chi connectivity index (χ2n) is 19.9. The first-order valence-corrected chi connectivity index (χ1v) is 29.7. The smallest absolute Gasteiger partial charge is 0.351 e. The first-order chi connectivity index (χ1) is 46.6. The number of halogens is 2. The summed E-state index contributed by atoms with van der Waals surface area (Å²) in [6.07, 6.45) is 3.78. The predicted molar refractivity (Wildman–Crippen MR) is 359 cm³/mol. The summed E-state index contributed by atoms with van der Waals surface area (Å²) in [4.78, 5) is 76.9. The first-order valence-electron chi connectivity index (χ1n) is 28.5. The number of hydrogen-bond acceptors (Lipinski definition) is 21. The highest BCUT2D eigenvalue weighted by atomic mass is 79.9. The lowest BCUT2D eigenvalue weighted by molar-refractivity contribution is 0.0717. The molecule has 486 valence electrons. The maximum absolute atomic E-state index is 12.9. The van der Waals surface area contributed by atoms with Crippen LogP contribution in [0.15, 0.2) is 233 Å². The molecule has 0 unspecified atom stereocenters. The van der Waals surface area contributed by atoms with Gasteiger partial charge in [0, 0.05) is 28.8 Å². The summed E-state index contributed by atoms with van der Waals surface area (Å²) in [6.45, 7) is 0. The van der Waals surface area contributed by atoms with Crippen molar-refractivity contribution in [3.05, 3.63) is 258 Å². The Balaban J connectivity index is 0.000000157. The van der Waals surface area contributed by atoms with Gasteiger partial charge in [-0.3, -0.25) is 14.4 Å². The SMILES string of the molecule is COc1ccc(Oc2coc3cc(OC(=O)c4c(OC)cccc4OC)ccc3c2=O)cc1.COc1cccc(OC)c1C(=O)Oc1ccc2c(=O)c(-c3ccccc3Cl)coc2c1.COc1cccc(OC)c1C(=O)Oc1ccc2c(=O)c(Oc3ccccc3Br)coc2c1. The zero-order valence-corrected chi connectivity index (χ0v) is 54.2. The van der Waals surface area contributed by atoms with E-state index in [0.717, 1.165) is 0 Å². The van der Waals surface area contributed by atoms with Crippen LogP contribution in [0.25, 0.3) is 44.0 Å². The van der Waals surface area contributed by atoms with E-state index in [1.807, 2.05) is 6.07 Å². The zero-order valence-electron chi connectivity index (χ0n) is 51.9. The van der Waals surface area contributed by atoms with Crippen molar-refractivity contribution in [3.8, 4) is 91.6 Å². The van der Waals surface area contributed by atoms with Crippen LogP contribution in [0.5, 0.6) is 80.5 Å². The molecule has 12 rings (SSSR count). The molecule has 0 saturated carbocycles. The lowest BCUT2D eigenvalue weighted by Crippen LogP contribution is -2.12. The van der Waals surface area contributed by atoms with Crippen molar-refractivity contribution in [2.75, 3.05) is 49.8 Å². The van der Waals surface area contributed by atoms with E-state index in [1.165, 1.54) is 110 Å². The van der Waals surface area contributed by atoms with Gasteiger partial charge in [-0.1, -0.05) is 60.1 Å².